The maximum Gasteiger partial charge on any atom is 0.411 e. The first kappa shape index (κ1) is 26.4. The molecule has 0 spiro atoms. The van der Waals surface area contributed by atoms with Crippen molar-refractivity contribution in [1.82, 2.24) is 14.8 Å². The molecular weight excluding hydrogens is 466 g/mol. The normalized spacial score (nSPS) is 18.8. The standard InChI is InChI=1S/C30H35N3O4/c1-21(22-11-13-23(14-12-22)24-15-16-26(31-19-24)27(34)32(4)5)33-18-17-30(37-28(33)35,20-29(2,3)36)25-9-7-6-8-10-25/h6-16,19,21,36H,17-18,20H2,1-5H3/t21-,30-/m0/s1. The van der Waals surface area contributed by atoms with E-state index in [0.717, 1.165) is 22.3 Å². The second-order valence-electron chi connectivity index (χ2n) is 10.6. The average molecular weight is 502 g/mol. The van der Waals surface area contributed by atoms with E-state index in [4.69, 9.17) is 4.74 Å². The van der Waals surface area contributed by atoms with Crippen molar-refractivity contribution in [2.45, 2.75) is 50.9 Å². The van der Waals surface area contributed by atoms with Crippen molar-refractivity contribution in [2.75, 3.05) is 20.6 Å². The van der Waals surface area contributed by atoms with Crippen LogP contribution in [-0.2, 0) is 10.3 Å². The number of aliphatic hydroxyl groups is 1. The van der Waals surface area contributed by atoms with Crippen LogP contribution in [0.5, 0.6) is 0 Å². The molecule has 7 heteroatoms. The molecule has 1 aliphatic heterocycles. The fourth-order valence-electron chi connectivity index (χ4n) is 4.95. The summed E-state index contributed by atoms with van der Waals surface area (Å²) in [6, 6.07) is 21.1. The van der Waals surface area contributed by atoms with Crippen molar-refractivity contribution >= 4 is 12.0 Å². The molecule has 7 nitrogen and oxygen atoms in total. The van der Waals surface area contributed by atoms with Crippen LogP contribution >= 0.6 is 0 Å². The van der Waals surface area contributed by atoms with Gasteiger partial charge in [0.25, 0.3) is 5.91 Å². The molecule has 1 aliphatic rings. The molecule has 2 aromatic carbocycles. The van der Waals surface area contributed by atoms with E-state index in [-0.39, 0.29) is 18.0 Å². The number of cyclic esters (lactones) is 1. The minimum absolute atomic E-state index is 0.136. The summed E-state index contributed by atoms with van der Waals surface area (Å²) < 4.78 is 6.12. The smallest absolute Gasteiger partial charge is 0.411 e. The van der Waals surface area contributed by atoms with E-state index < -0.39 is 11.2 Å². The molecule has 0 radical (unpaired) electrons. The van der Waals surface area contributed by atoms with E-state index >= 15 is 0 Å². The van der Waals surface area contributed by atoms with E-state index in [1.54, 1.807) is 45.1 Å². The number of ether oxygens (including phenoxy) is 1. The van der Waals surface area contributed by atoms with Crippen LogP contribution in [-0.4, -0.2) is 58.1 Å². The fourth-order valence-corrected chi connectivity index (χ4v) is 4.95. The lowest BCUT2D eigenvalue weighted by molar-refractivity contribution is -0.101. The molecule has 1 aromatic heterocycles. The molecule has 2 atom stereocenters. The van der Waals surface area contributed by atoms with Gasteiger partial charge in [-0.05, 0) is 43.5 Å². The van der Waals surface area contributed by atoms with Gasteiger partial charge >= 0.3 is 6.09 Å². The molecule has 0 bridgehead atoms. The number of carbonyl (C=O) groups is 2. The molecule has 0 saturated carbocycles. The van der Waals surface area contributed by atoms with Crippen LogP contribution in [0.1, 0.15) is 61.3 Å². The SMILES string of the molecule is C[C@@H](c1ccc(-c2ccc(C(=O)N(C)C)nc2)cc1)N1CC[C@](CC(C)(C)O)(c2ccccc2)OC1=O. The number of rotatable bonds is 7. The summed E-state index contributed by atoms with van der Waals surface area (Å²) in [6.45, 7) is 5.99. The summed E-state index contributed by atoms with van der Waals surface area (Å²) >= 11 is 0. The van der Waals surface area contributed by atoms with Crippen LogP contribution in [0, 0.1) is 0 Å². The Labute approximate surface area is 218 Å². The molecule has 4 rings (SSSR count). The first-order chi connectivity index (χ1) is 17.5. The summed E-state index contributed by atoms with van der Waals surface area (Å²) in [7, 11) is 3.40. The molecule has 194 valence electrons. The Morgan fingerprint density at radius 3 is 2.27 bits per heavy atom. The van der Waals surface area contributed by atoms with Crippen molar-refractivity contribution in [1.29, 1.82) is 0 Å². The van der Waals surface area contributed by atoms with Crippen LogP contribution < -0.4 is 0 Å². The Bertz CT molecular complexity index is 1230. The van der Waals surface area contributed by atoms with Gasteiger partial charge in [0.2, 0.25) is 0 Å². The van der Waals surface area contributed by atoms with Crippen molar-refractivity contribution < 1.29 is 19.4 Å². The highest BCUT2D eigenvalue weighted by molar-refractivity contribution is 5.92. The predicted octanol–water partition coefficient (Wildman–Crippen LogP) is 5.41. The molecule has 1 N–H and O–H groups in total. The Balaban J connectivity index is 1.49. The van der Waals surface area contributed by atoms with E-state index in [1.165, 1.54) is 4.90 Å². The monoisotopic (exact) mass is 501 g/mol. The molecule has 1 saturated heterocycles. The highest BCUT2D eigenvalue weighted by Gasteiger charge is 2.46. The number of aromatic nitrogens is 1. The summed E-state index contributed by atoms with van der Waals surface area (Å²) in [5, 5.41) is 10.6. The Morgan fingerprint density at radius 2 is 1.73 bits per heavy atom. The lowest BCUT2D eigenvalue weighted by Crippen LogP contribution is -2.51. The first-order valence-corrected chi connectivity index (χ1v) is 12.5. The summed E-state index contributed by atoms with van der Waals surface area (Å²) in [5.41, 5.74) is 2.31. The van der Waals surface area contributed by atoms with Gasteiger partial charge in [-0.15, -0.1) is 0 Å². The fraction of sp³-hybridized carbons (Fsp3) is 0.367. The summed E-state index contributed by atoms with van der Waals surface area (Å²) in [6.07, 6.45) is 2.21. The zero-order valence-corrected chi connectivity index (χ0v) is 22.1. The quantitative estimate of drug-likeness (QED) is 0.468. The Hall–Kier alpha value is -3.71. The minimum Gasteiger partial charge on any atom is -0.438 e. The van der Waals surface area contributed by atoms with Crippen LogP contribution in [0.25, 0.3) is 11.1 Å². The van der Waals surface area contributed by atoms with Gasteiger partial charge in [-0.3, -0.25) is 9.78 Å². The Morgan fingerprint density at radius 1 is 1.08 bits per heavy atom. The number of pyridine rings is 1. The number of hydrogen-bond acceptors (Lipinski definition) is 5. The zero-order chi connectivity index (χ0) is 26.8. The predicted molar refractivity (Wildman–Crippen MR) is 143 cm³/mol. The summed E-state index contributed by atoms with van der Waals surface area (Å²) in [4.78, 5) is 32.9. The third-order valence-electron chi connectivity index (χ3n) is 6.87. The highest BCUT2D eigenvalue weighted by atomic mass is 16.6. The van der Waals surface area contributed by atoms with Gasteiger partial charge in [0.15, 0.2) is 0 Å². The van der Waals surface area contributed by atoms with Crippen molar-refractivity contribution in [3.8, 4) is 11.1 Å². The van der Waals surface area contributed by atoms with Crippen LogP contribution in [0.15, 0.2) is 72.9 Å². The maximum absolute atomic E-state index is 13.3. The highest BCUT2D eigenvalue weighted by Crippen LogP contribution is 2.42. The van der Waals surface area contributed by atoms with Crippen LogP contribution in [0.3, 0.4) is 0 Å². The third kappa shape index (κ3) is 5.83. The number of carbonyl (C=O) groups excluding carboxylic acids is 2. The van der Waals surface area contributed by atoms with E-state index in [0.29, 0.717) is 25.1 Å². The number of amides is 2. The average Bonchev–Trinajstić information content (AvgIpc) is 2.88. The second kappa shape index (κ2) is 10.3. The van der Waals surface area contributed by atoms with Crippen LogP contribution in [0.4, 0.5) is 4.79 Å². The van der Waals surface area contributed by atoms with Crippen LogP contribution in [0.2, 0.25) is 0 Å². The number of hydrogen-bond donors (Lipinski definition) is 1. The van der Waals surface area contributed by atoms with Gasteiger partial charge in [0.05, 0.1) is 11.6 Å². The van der Waals surface area contributed by atoms with Gasteiger partial charge < -0.3 is 19.6 Å². The largest absolute Gasteiger partial charge is 0.438 e. The lowest BCUT2D eigenvalue weighted by Gasteiger charge is -2.45. The Kier molecular flexibility index (Phi) is 7.37. The van der Waals surface area contributed by atoms with Crippen molar-refractivity contribution in [3.63, 3.8) is 0 Å². The molecule has 0 unspecified atom stereocenters. The van der Waals surface area contributed by atoms with Gasteiger partial charge in [0.1, 0.15) is 11.3 Å². The van der Waals surface area contributed by atoms with E-state index in [9.17, 15) is 14.7 Å². The first-order valence-electron chi connectivity index (χ1n) is 12.5. The topological polar surface area (TPSA) is 83.0 Å². The molecule has 2 amide bonds. The molecule has 3 aromatic rings. The minimum atomic E-state index is -0.994. The van der Waals surface area contributed by atoms with E-state index in [2.05, 4.69) is 4.98 Å². The summed E-state index contributed by atoms with van der Waals surface area (Å²) in [5.74, 6) is -0.136. The molecule has 37 heavy (non-hydrogen) atoms. The van der Waals surface area contributed by atoms with Crippen molar-refractivity contribution in [3.05, 3.63) is 89.7 Å². The molecule has 0 aliphatic carbocycles. The van der Waals surface area contributed by atoms with Gasteiger partial charge in [-0.25, -0.2) is 4.79 Å². The molecule has 2 heterocycles. The van der Waals surface area contributed by atoms with E-state index in [1.807, 2.05) is 67.6 Å². The molecular formula is C30H35N3O4. The maximum atomic E-state index is 13.3. The van der Waals surface area contributed by atoms with Gasteiger partial charge in [-0.1, -0.05) is 60.7 Å². The molecule has 1 fully saturated rings. The lowest BCUT2D eigenvalue weighted by atomic mass is 9.80. The van der Waals surface area contributed by atoms with Crippen molar-refractivity contribution in [2.24, 2.45) is 0 Å². The van der Waals surface area contributed by atoms with Gasteiger partial charge in [0, 0.05) is 45.2 Å². The second-order valence-corrected chi connectivity index (χ2v) is 10.6. The number of nitrogens with zero attached hydrogens (tertiary/aromatic N) is 3. The third-order valence-corrected chi connectivity index (χ3v) is 6.87. The van der Waals surface area contributed by atoms with Gasteiger partial charge in [-0.2, -0.15) is 0 Å². The number of benzene rings is 2. The zero-order valence-electron chi connectivity index (χ0n) is 22.1.